The second-order valence-corrected chi connectivity index (χ2v) is 8.11. The first-order valence-corrected chi connectivity index (χ1v) is 11.0. The summed E-state index contributed by atoms with van der Waals surface area (Å²) in [4.78, 5) is 6.36. The van der Waals surface area contributed by atoms with Gasteiger partial charge in [-0.2, -0.15) is 0 Å². The number of rotatable bonds is 8. The highest BCUT2D eigenvalue weighted by molar-refractivity contribution is 5.80. The molecule has 2 aromatic rings. The lowest BCUT2D eigenvalue weighted by Gasteiger charge is -2.28. The van der Waals surface area contributed by atoms with Crippen LogP contribution < -0.4 is 10.6 Å². The van der Waals surface area contributed by atoms with Gasteiger partial charge in [-0.3, -0.25) is 4.99 Å². The first kappa shape index (κ1) is 23.1. The molecule has 3 heteroatoms. The standard InChI is InChI=1S/C29H33N3/c1-6-28(31-5)25-14-11-15-26(21(3)18-25)20-32(7-2)29-17-16-24(19-27(29)22(4)30)23-12-9-8-10-13-23/h6-10,12-14,16-19,26H,2,4-5,11,15,20,30H2,1,3H3/b28-6-. The number of nitrogens with zero attached hydrogens (tertiary/aromatic N) is 2. The Kier molecular flexibility index (Phi) is 7.67. The number of hydrogen-bond acceptors (Lipinski definition) is 3. The molecule has 2 aromatic carbocycles. The molecule has 0 fully saturated rings. The van der Waals surface area contributed by atoms with Crippen LogP contribution in [0.5, 0.6) is 0 Å². The number of anilines is 1. The molecule has 1 aliphatic rings. The predicted molar refractivity (Wildman–Crippen MR) is 141 cm³/mol. The molecule has 3 nitrogen and oxygen atoms in total. The van der Waals surface area contributed by atoms with E-state index in [1.807, 2.05) is 37.4 Å². The van der Waals surface area contributed by atoms with Gasteiger partial charge in [0.15, 0.2) is 0 Å². The van der Waals surface area contributed by atoms with E-state index in [0.717, 1.165) is 53.0 Å². The molecule has 0 amide bonds. The fourth-order valence-corrected chi connectivity index (χ4v) is 4.22. The van der Waals surface area contributed by atoms with E-state index < -0.39 is 0 Å². The molecule has 0 saturated carbocycles. The Morgan fingerprint density at radius 1 is 1.19 bits per heavy atom. The summed E-state index contributed by atoms with van der Waals surface area (Å²) in [5.74, 6) is 0.386. The molecule has 1 unspecified atom stereocenters. The Morgan fingerprint density at radius 2 is 1.94 bits per heavy atom. The van der Waals surface area contributed by atoms with Crippen molar-refractivity contribution in [2.24, 2.45) is 16.6 Å². The molecule has 1 aliphatic carbocycles. The first-order valence-electron chi connectivity index (χ1n) is 11.0. The molecular formula is C29H33N3. The van der Waals surface area contributed by atoms with Crippen LogP contribution in [-0.2, 0) is 0 Å². The van der Waals surface area contributed by atoms with E-state index in [-0.39, 0.29) is 0 Å². The van der Waals surface area contributed by atoms with Crippen molar-refractivity contribution < 1.29 is 0 Å². The molecule has 2 N–H and O–H groups in total. The van der Waals surface area contributed by atoms with Crippen LogP contribution in [0.3, 0.4) is 0 Å². The number of benzene rings is 2. The highest BCUT2D eigenvalue weighted by Crippen LogP contribution is 2.33. The van der Waals surface area contributed by atoms with Crippen LogP contribution in [0.4, 0.5) is 5.69 Å². The smallest absolute Gasteiger partial charge is 0.0648 e. The summed E-state index contributed by atoms with van der Waals surface area (Å²) in [6.45, 7) is 16.9. The minimum absolute atomic E-state index is 0.386. The summed E-state index contributed by atoms with van der Waals surface area (Å²) in [7, 11) is 0. The van der Waals surface area contributed by atoms with Crippen LogP contribution in [0.2, 0.25) is 0 Å². The molecule has 164 valence electrons. The molecular weight excluding hydrogens is 390 g/mol. The molecule has 32 heavy (non-hydrogen) atoms. The van der Waals surface area contributed by atoms with E-state index in [0.29, 0.717) is 11.6 Å². The van der Waals surface area contributed by atoms with Gasteiger partial charge in [0, 0.05) is 17.8 Å². The van der Waals surface area contributed by atoms with E-state index in [1.165, 1.54) is 5.57 Å². The number of allylic oxidation sites excluding steroid dienone is 3. The van der Waals surface area contributed by atoms with Gasteiger partial charge in [0.05, 0.1) is 11.4 Å². The highest BCUT2D eigenvalue weighted by Gasteiger charge is 2.20. The van der Waals surface area contributed by atoms with E-state index in [2.05, 4.69) is 79.2 Å². The van der Waals surface area contributed by atoms with Crippen molar-refractivity contribution >= 4 is 18.1 Å². The Morgan fingerprint density at radius 3 is 2.56 bits per heavy atom. The number of aliphatic imine (C=N–C) groups is 1. The van der Waals surface area contributed by atoms with Gasteiger partial charge in [-0.05, 0) is 74.4 Å². The lowest BCUT2D eigenvalue weighted by Crippen LogP contribution is -2.26. The zero-order chi connectivity index (χ0) is 23.1. The maximum atomic E-state index is 6.22. The predicted octanol–water partition coefficient (Wildman–Crippen LogP) is 7.12. The van der Waals surface area contributed by atoms with Crippen molar-refractivity contribution in [3.8, 4) is 11.1 Å². The van der Waals surface area contributed by atoms with Crippen molar-refractivity contribution in [2.45, 2.75) is 26.7 Å². The summed E-state index contributed by atoms with van der Waals surface area (Å²) in [6.07, 6.45) is 10.4. The maximum absolute atomic E-state index is 6.22. The quantitative estimate of drug-likeness (QED) is 0.459. The van der Waals surface area contributed by atoms with Crippen LogP contribution in [-0.4, -0.2) is 13.3 Å². The normalized spacial score (nSPS) is 16.4. The van der Waals surface area contributed by atoms with E-state index in [4.69, 9.17) is 5.73 Å². The third kappa shape index (κ3) is 5.17. The summed E-state index contributed by atoms with van der Waals surface area (Å²) >= 11 is 0. The zero-order valence-electron chi connectivity index (χ0n) is 19.2. The topological polar surface area (TPSA) is 41.6 Å². The third-order valence-corrected chi connectivity index (χ3v) is 6.04. The highest BCUT2D eigenvalue weighted by atomic mass is 15.1. The van der Waals surface area contributed by atoms with Crippen molar-refractivity contribution in [2.75, 3.05) is 11.4 Å². The van der Waals surface area contributed by atoms with Crippen molar-refractivity contribution in [3.05, 3.63) is 109 Å². The van der Waals surface area contributed by atoms with Crippen molar-refractivity contribution in [1.29, 1.82) is 0 Å². The first-order chi connectivity index (χ1) is 15.5. The Hall–Kier alpha value is -3.59. The van der Waals surface area contributed by atoms with E-state index >= 15 is 0 Å². The fraction of sp³-hybridized carbons (Fsp3) is 0.207. The van der Waals surface area contributed by atoms with Gasteiger partial charge in [0.25, 0.3) is 0 Å². The lowest BCUT2D eigenvalue weighted by molar-refractivity contribution is 0.572. The second kappa shape index (κ2) is 10.6. The largest absolute Gasteiger partial charge is 0.399 e. The summed E-state index contributed by atoms with van der Waals surface area (Å²) in [6, 6.07) is 16.7. The average molecular weight is 424 g/mol. The van der Waals surface area contributed by atoms with Crippen LogP contribution in [0.1, 0.15) is 32.3 Å². The molecule has 1 atom stereocenters. The summed E-state index contributed by atoms with van der Waals surface area (Å²) < 4.78 is 0. The molecule has 0 bridgehead atoms. The lowest BCUT2D eigenvalue weighted by atomic mass is 9.94. The SMILES string of the molecule is C=CN(CC1CCC=C(/C(=C/C)N=C)C=C1C)c1ccc(-c2ccccc2)cc1C(=C)N. The van der Waals surface area contributed by atoms with Gasteiger partial charge in [-0.25, -0.2) is 0 Å². The van der Waals surface area contributed by atoms with Crippen LogP contribution in [0, 0.1) is 5.92 Å². The molecule has 0 spiro atoms. The minimum Gasteiger partial charge on any atom is -0.399 e. The van der Waals surface area contributed by atoms with Gasteiger partial charge >= 0.3 is 0 Å². The minimum atomic E-state index is 0.386. The van der Waals surface area contributed by atoms with Crippen molar-refractivity contribution in [1.82, 2.24) is 0 Å². The molecule has 0 heterocycles. The van der Waals surface area contributed by atoms with Crippen molar-refractivity contribution in [3.63, 3.8) is 0 Å². The second-order valence-electron chi connectivity index (χ2n) is 8.11. The number of hydrogen-bond donors (Lipinski definition) is 1. The van der Waals surface area contributed by atoms with Gasteiger partial charge in [0.2, 0.25) is 0 Å². The van der Waals surface area contributed by atoms with Gasteiger partial charge in [-0.1, -0.05) is 73.4 Å². The Bertz CT molecular complexity index is 1090. The Balaban J connectivity index is 1.90. The van der Waals surface area contributed by atoms with Gasteiger partial charge in [0.1, 0.15) is 0 Å². The molecule has 0 aromatic heterocycles. The monoisotopic (exact) mass is 423 g/mol. The molecule has 0 radical (unpaired) electrons. The van der Waals surface area contributed by atoms with Crippen LogP contribution >= 0.6 is 0 Å². The average Bonchev–Trinajstić information content (AvgIpc) is 2.99. The zero-order valence-corrected chi connectivity index (χ0v) is 19.2. The van der Waals surface area contributed by atoms with Gasteiger partial charge in [-0.15, -0.1) is 0 Å². The summed E-state index contributed by atoms with van der Waals surface area (Å²) in [5.41, 5.74) is 14.4. The molecule has 0 saturated heterocycles. The van der Waals surface area contributed by atoms with Crippen LogP contribution in [0.15, 0.2) is 108 Å². The molecule has 0 aliphatic heterocycles. The van der Waals surface area contributed by atoms with E-state index in [9.17, 15) is 0 Å². The number of nitrogens with two attached hydrogens (primary N) is 1. The Labute approximate surface area is 192 Å². The van der Waals surface area contributed by atoms with Crippen LogP contribution in [0.25, 0.3) is 16.8 Å². The molecule has 3 rings (SSSR count). The van der Waals surface area contributed by atoms with E-state index in [1.54, 1.807) is 0 Å². The summed E-state index contributed by atoms with van der Waals surface area (Å²) in [5, 5.41) is 0. The third-order valence-electron chi connectivity index (χ3n) is 6.04. The maximum Gasteiger partial charge on any atom is 0.0648 e. The fourth-order valence-electron chi connectivity index (χ4n) is 4.22. The van der Waals surface area contributed by atoms with Gasteiger partial charge < -0.3 is 10.6 Å².